The van der Waals surface area contributed by atoms with Crippen LogP contribution in [0.3, 0.4) is 0 Å². The fourth-order valence-corrected chi connectivity index (χ4v) is 4.16. The number of fused-ring (bicyclic) bond motifs is 1. The molecule has 0 atom stereocenters. The Bertz CT molecular complexity index is 1700. The van der Waals surface area contributed by atoms with Crippen LogP contribution in [0.15, 0.2) is 108 Å². The maximum atomic E-state index is 6.14. The van der Waals surface area contributed by atoms with E-state index in [-0.39, 0.29) is 0 Å². The second-order valence-electron chi connectivity index (χ2n) is 8.81. The number of hydrogen-bond acceptors (Lipinski definition) is 6. The van der Waals surface area contributed by atoms with Crippen molar-refractivity contribution >= 4 is 28.6 Å². The van der Waals surface area contributed by atoms with Gasteiger partial charge in [0, 0.05) is 22.7 Å². The van der Waals surface area contributed by atoms with Gasteiger partial charge in [-0.15, -0.1) is 0 Å². The highest BCUT2D eigenvalue weighted by atomic mass is 35.5. The van der Waals surface area contributed by atoms with E-state index in [4.69, 9.17) is 25.7 Å². The quantitative estimate of drug-likeness (QED) is 0.229. The van der Waals surface area contributed by atoms with Crippen molar-refractivity contribution in [1.82, 2.24) is 15.0 Å². The predicted octanol–water partition coefficient (Wildman–Crippen LogP) is 8.32. The monoisotopic (exact) mass is 518 g/mol. The van der Waals surface area contributed by atoms with Gasteiger partial charge in [-0.1, -0.05) is 72.3 Å². The Labute approximate surface area is 224 Å². The van der Waals surface area contributed by atoms with Gasteiger partial charge >= 0.3 is 0 Å². The second kappa shape index (κ2) is 10.4. The van der Waals surface area contributed by atoms with Crippen molar-refractivity contribution in [3.8, 4) is 34.3 Å². The molecule has 2 heterocycles. The van der Waals surface area contributed by atoms with Crippen molar-refractivity contribution in [2.45, 2.75) is 13.5 Å². The molecule has 0 aliphatic rings. The molecule has 7 heteroatoms. The van der Waals surface area contributed by atoms with E-state index in [0.29, 0.717) is 35.3 Å². The normalized spacial score (nSPS) is 11.0. The summed E-state index contributed by atoms with van der Waals surface area (Å²) in [6.07, 6.45) is 0. The molecule has 0 saturated carbocycles. The first kappa shape index (κ1) is 23.7. The number of hydrogen-bond donors (Lipinski definition) is 1. The first-order valence-electron chi connectivity index (χ1n) is 12.2. The van der Waals surface area contributed by atoms with Crippen LogP contribution in [0.2, 0.25) is 5.02 Å². The van der Waals surface area contributed by atoms with Gasteiger partial charge in [0.25, 0.3) is 0 Å². The highest BCUT2D eigenvalue weighted by molar-refractivity contribution is 6.31. The van der Waals surface area contributed by atoms with Gasteiger partial charge in [-0.25, -0.2) is 9.97 Å². The molecule has 1 N–H and O–H groups in total. The molecule has 0 unspecified atom stereocenters. The third-order valence-corrected chi connectivity index (χ3v) is 6.48. The molecule has 0 aliphatic carbocycles. The van der Waals surface area contributed by atoms with E-state index < -0.39 is 0 Å². The molecular formula is C31H23ClN4O2. The Kier molecular flexibility index (Phi) is 6.46. The fraction of sp³-hybridized carbons (Fsp3) is 0.0645. The molecule has 0 amide bonds. The van der Waals surface area contributed by atoms with Crippen LogP contribution in [0.1, 0.15) is 11.1 Å². The lowest BCUT2D eigenvalue weighted by Gasteiger charge is -2.10. The van der Waals surface area contributed by atoms with Crippen molar-refractivity contribution in [2.75, 3.05) is 5.32 Å². The van der Waals surface area contributed by atoms with Crippen molar-refractivity contribution in [3.05, 3.63) is 119 Å². The number of nitrogens with zero attached hydrogens (tertiary/aromatic N) is 3. The maximum absolute atomic E-state index is 6.14. The van der Waals surface area contributed by atoms with Crippen LogP contribution in [0, 0.1) is 6.92 Å². The molecule has 0 saturated heterocycles. The number of benzene rings is 4. The smallest absolute Gasteiger partial charge is 0.229 e. The van der Waals surface area contributed by atoms with E-state index in [1.54, 1.807) is 0 Å². The molecule has 6 aromatic rings. The second-order valence-corrected chi connectivity index (χ2v) is 9.22. The summed E-state index contributed by atoms with van der Waals surface area (Å²) >= 11 is 6.12. The van der Waals surface area contributed by atoms with Crippen LogP contribution in [-0.4, -0.2) is 15.0 Å². The lowest BCUT2D eigenvalue weighted by atomic mass is 10.2. The first-order chi connectivity index (χ1) is 18.6. The van der Waals surface area contributed by atoms with Gasteiger partial charge in [-0.3, -0.25) is 0 Å². The molecule has 0 radical (unpaired) electrons. The minimum absolute atomic E-state index is 0.502. The number of rotatable bonds is 7. The van der Waals surface area contributed by atoms with Crippen LogP contribution in [-0.2, 0) is 6.54 Å². The number of nitrogens with one attached hydrogen (secondary N) is 1. The summed E-state index contributed by atoms with van der Waals surface area (Å²) in [5.74, 6) is 3.15. The van der Waals surface area contributed by atoms with E-state index in [9.17, 15) is 0 Å². The molecule has 2 aromatic heterocycles. The largest absolute Gasteiger partial charge is 0.457 e. The first-order valence-corrected chi connectivity index (χ1v) is 12.6. The summed E-state index contributed by atoms with van der Waals surface area (Å²) in [6, 6.07) is 33.1. The third kappa shape index (κ3) is 5.08. The van der Waals surface area contributed by atoms with Gasteiger partial charge < -0.3 is 14.5 Å². The van der Waals surface area contributed by atoms with Crippen molar-refractivity contribution < 1.29 is 9.15 Å². The predicted molar refractivity (Wildman–Crippen MR) is 151 cm³/mol. The average molecular weight is 519 g/mol. The van der Waals surface area contributed by atoms with Gasteiger partial charge in [0.1, 0.15) is 11.5 Å². The molecule has 0 fully saturated rings. The summed E-state index contributed by atoms with van der Waals surface area (Å²) in [5, 5.41) is 4.14. The van der Waals surface area contributed by atoms with Crippen LogP contribution >= 0.6 is 11.6 Å². The minimum Gasteiger partial charge on any atom is -0.457 e. The molecule has 186 valence electrons. The Balaban J connectivity index is 1.27. The van der Waals surface area contributed by atoms with Gasteiger partial charge in [0.05, 0.1) is 0 Å². The lowest BCUT2D eigenvalue weighted by Crippen LogP contribution is -2.04. The zero-order valence-electron chi connectivity index (χ0n) is 20.6. The Morgan fingerprint density at radius 1 is 0.763 bits per heavy atom. The van der Waals surface area contributed by atoms with E-state index in [2.05, 4.69) is 15.3 Å². The summed E-state index contributed by atoms with van der Waals surface area (Å²) in [6.45, 7) is 2.48. The standard InChI is InChI=1S/C31H23ClN4O2/c1-20-18-25(16-17-26(20)32)37-24-14-12-21(13-15-24)19-33-29-27-30(35-28(34-29)22-8-4-2-5-9-22)36-31(38-27)23-10-6-3-7-11-23/h2-18H,19H2,1H3,(H,33,34,35). The summed E-state index contributed by atoms with van der Waals surface area (Å²) in [4.78, 5) is 14.1. The zero-order chi connectivity index (χ0) is 25.9. The molecular weight excluding hydrogens is 496 g/mol. The molecule has 6 rings (SSSR count). The van der Waals surface area contributed by atoms with Crippen molar-refractivity contribution in [1.29, 1.82) is 0 Å². The van der Waals surface area contributed by atoms with Crippen LogP contribution in [0.5, 0.6) is 11.5 Å². The van der Waals surface area contributed by atoms with E-state index in [0.717, 1.165) is 38.8 Å². The highest BCUT2D eigenvalue weighted by Gasteiger charge is 2.17. The van der Waals surface area contributed by atoms with Gasteiger partial charge in [0.15, 0.2) is 11.6 Å². The molecule has 0 spiro atoms. The Morgan fingerprint density at radius 3 is 2.16 bits per heavy atom. The molecule has 0 bridgehead atoms. The molecule has 0 aliphatic heterocycles. The van der Waals surface area contributed by atoms with Crippen LogP contribution in [0.4, 0.5) is 5.82 Å². The number of aryl methyl sites for hydroxylation is 1. The fourth-order valence-electron chi connectivity index (χ4n) is 4.04. The number of aromatic nitrogens is 3. The van der Waals surface area contributed by atoms with Crippen molar-refractivity contribution in [3.63, 3.8) is 0 Å². The number of anilines is 1. The number of halogens is 1. The average Bonchev–Trinajstić information content (AvgIpc) is 3.40. The topological polar surface area (TPSA) is 73.1 Å². The highest BCUT2D eigenvalue weighted by Crippen LogP contribution is 2.30. The zero-order valence-corrected chi connectivity index (χ0v) is 21.3. The van der Waals surface area contributed by atoms with Gasteiger partial charge in [-0.2, -0.15) is 4.98 Å². The lowest BCUT2D eigenvalue weighted by molar-refractivity contribution is 0.482. The van der Waals surface area contributed by atoms with E-state index in [1.165, 1.54) is 0 Å². The number of oxazole rings is 1. The molecule has 4 aromatic carbocycles. The van der Waals surface area contributed by atoms with Crippen LogP contribution in [0.25, 0.3) is 34.1 Å². The van der Waals surface area contributed by atoms with E-state index >= 15 is 0 Å². The van der Waals surface area contributed by atoms with Crippen LogP contribution < -0.4 is 10.1 Å². The molecule has 6 nitrogen and oxygen atoms in total. The summed E-state index contributed by atoms with van der Waals surface area (Å²) in [7, 11) is 0. The Hall–Kier alpha value is -4.68. The SMILES string of the molecule is Cc1cc(Oc2ccc(CNc3nc(-c4ccccc4)nc4nc(-c5ccccc5)oc34)cc2)ccc1Cl. The summed E-state index contributed by atoms with van der Waals surface area (Å²) < 4.78 is 12.1. The maximum Gasteiger partial charge on any atom is 0.229 e. The van der Waals surface area contributed by atoms with E-state index in [1.807, 2.05) is 110 Å². The third-order valence-electron chi connectivity index (χ3n) is 6.06. The minimum atomic E-state index is 0.502. The van der Waals surface area contributed by atoms with Crippen molar-refractivity contribution in [2.24, 2.45) is 0 Å². The molecule has 38 heavy (non-hydrogen) atoms. The van der Waals surface area contributed by atoms with Gasteiger partial charge in [0.2, 0.25) is 17.1 Å². The summed E-state index contributed by atoms with van der Waals surface area (Å²) in [5.41, 5.74) is 4.83. The number of ether oxygens (including phenoxy) is 1. The van der Waals surface area contributed by atoms with Gasteiger partial charge in [-0.05, 0) is 60.5 Å². The Morgan fingerprint density at radius 2 is 1.45 bits per heavy atom.